The Balaban J connectivity index is 2.21. The third-order valence-corrected chi connectivity index (χ3v) is 2.42. The Morgan fingerprint density at radius 3 is 2.86 bits per heavy atom. The minimum atomic E-state index is -1.17. The number of benzene rings is 1. The molecule has 0 spiro atoms. The lowest BCUT2D eigenvalue weighted by atomic mass is 10.1. The molecule has 1 aliphatic rings. The zero-order valence-corrected chi connectivity index (χ0v) is 7.87. The summed E-state index contributed by atoms with van der Waals surface area (Å²) in [6.45, 7) is 1.30. The van der Waals surface area contributed by atoms with Gasteiger partial charge < -0.3 is 4.74 Å². The first kappa shape index (κ1) is 9.19. The number of carbonyl (C=O) groups is 1. The molecule has 0 aromatic heterocycles. The molecule has 0 fully saturated rings. The van der Waals surface area contributed by atoms with E-state index in [2.05, 4.69) is 0 Å². The van der Waals surface area contributed by atoms with E-state index in [-0.39, 0.29) is 0 Å². The monoisotopic (exact) mass is 194 g/mol. The molecule has 1 aliphatic carbocycles. The van der Waals surface area contributed by atoms with Crippen LogP contribution >= 0.6 is 0 Å². The number of carbonyl (C=O) groups excluding carboxylic acids is 1. The largest absolute Gasteiger partial charge is 0.459 e. The molecule has 2 rings (SSSR count). The highest BCUT2D eigenvalue weighted by Gasteiger charge is 2.34. The quantitative estimate of drug-likeness (QED) is 0.640. The Morgan fingerprint density at radius 1 is 1.50 bits per heavy atom. The van der Waals surface area contributed by atoms with Gasteiger partial charge in [0, 0.05) is 13.3 Å². The molecule has 1 aromatic carbocycles. The van der Waals surface area contributed by atoms with E-state index in [1.807, 2.05) is 12.1 Å². The molecule has 0 saturated carbocycles. The zero-order chi connectivity index (χ0) is 10.1. The second-order valence-corrected chi connectivity index (χ2v) is 3.45. The molecule has 0 unspecified atom stereocenters. The summed E-state index contributed by atoms with van der Waals surface area (Å²) in [5, 5.41) is 0. The van der Waals surface area contributed by atoms with Gasteiger partial charge in [0.15, 0.2) is 6.17 Å². The molecule has 14 heavy (non-hydrogen) atoms. The molecular weight excluding hydrogens is 183 g/mol. The average Bonchev–Trinajstić information content (AvgIpc) is 2.44. The molecule has 0 N–H and O–H groups in total. The van der Waals surface area contributed by atoms with Crippen molar-refractivity contribution in [1.82, 2.24) is 0 Å². The summed E-state index contributed by atoms with van der Waals surface area (Å²) in [6.07, 6.45) is -1.32. The van der Waals surface area contributed by atoms with Crippen molar-refractivity contribution in [1.29, 1.82) is 0 Å². The van der Waals surface area contributed by atoms with E-state index in [0.29, 0.717) is 12.0 Å². The first-order chi connectivity index (χ1) is 6.68. The van der Waals surface area contributed by atoms with Gasteiger partial charge in [-0.2, -0.15) is 0 Å². The lowest BCUT2D eigenvalue weighted by Gasteiger charge is -2.12. The number of halogens is 1. The summed E-state index contributed by atoms with van der Waals surface area (Å²) in [7, 11) is 0. The standard InChI is InChI=1S/C11H11FO2/c1-7(13)14-10-6-8-4-2-3-5-9(8)11(10)12/h2-5,10-11H,6H2,1H3/t10-,11+/m1/s1. The molecule has 1 aromatic rings. The van der Waals surface area contributed by atoms with Crippen LogP contribution in [0.1, 0.15) is 24.2 Å². The van der Waals surface area contributed by atoms with Crippen LogP contribution in [0.25, 0.3) is 0 Å². The summed E-state index contributed by atoms with van der Waals surface area (Å²) in [5.41, 5.74) is 1.59. The minimum Gasteiger partial charge on any atom is -0.459 e. The van der Waals surface area contributed by atoms with Crippen LogP contribution in [0.15, 0.2) is 24.3 Å². The van der Waals surface area contributed by atoms with E-state index in [0.717, 1.165) is 5.56 Å². The van der Waals surface area contributed by atoms with E-state index >= 15 is 0 Å². The molecule has 0 radical (unpaired) electrons. The maximum Gasteiger partial charge on any atom is 0.303 e. The van der Waals surface area contributed by atoms with Gasteiger partial charge in [-0.05, 0) is 11.1 Å². The van der Waals surface area contributed by atoms with Crippen molar-refractivity contribution < 1.29 is 13.9 Å². The zero-order valence-electron chi connectivity index (χ0n) is 7.87. The highest BCUT2D eigenvalue weighted by atomic mass is 19.1. The van der Waals surface area contributed by atoms with Gasteiger partial charge in [0.1, 0.15) is 6.10 Å². The van der Waals surface area contributed by atoms with Crippen LogP contribution in [-0.4, -0.2) is 12.1 Å². The molecule has 0 aliphatic heterocycles. The number of esters is 1. The number of hydrogen-bond donors (Lipinski definition) is 0. The van der Waals surface area contributed by atoms with E-state index in [9.17, 15) is 9.18 Å². The molecular formula is C11H11FO2. The van der Waals surface area contributed by atoms with Crippen molar-refractivity contribution in [3.05, 3.63) is 35.4 Å². The second-order valence-electron chi connectivity index (χ2n) is 3.45. The first-order valence-electron chi connectivity index (χ1n) is 4.57. The normalized spacial score (nSPS) is 24.4. The molecule has 2 nitrogen and oxygen atoms in total. The van der Waals surface area contributed by atoms with Crippen LogP contribution in [0.4, 0.5) is 4.39 Å². The van der Waals surface area contributed by atoms with Gasteiger partial charge in [0.05, 0.1) is 0 Å². The predicted molar refractivity (Wildman–Crippen MR) is 49.5 cm³/mol. The topological polar surface area (TPSA) is 26.3 Å². The average molecular weight is 194 g/mol. The van der Waals surface area contributed by atoms with E-state index in [4.69, 9.17) is 4.74 Å². The van der Waals surface area contributed by atoms with Crippen molar-refractivity contribution in [3.63, 3.8) is 0 Å². The highest BCUT2D eigenvalue weighted by molar-refractivity contribution is 5.66. The molecule has 0 bridgehead atoms. The van der Waals surface area contributed by atoms with Crippen molar-refractivity contribution in [3.8, 4) is 0 Å². The lowest BCUT2D eigenvalue weighted by Crippen LogP contribution is -2.18. The van der Waals surface area contributed by atoms with Crippen LogP contribution in [0.2, 0.25) is 0 Å². The van der Waals surface area contributed by atoms with Gasteiger partial charge in [-0.25, -0.2) is 4.39 Å². The van der Waals surface area contributed by atoms with E-state index in [1.165, 1.54) is 6.92 Å². The van der Waals surface area contributed by atoms with Gasteiger partial charge in [-0.1, -0.05) is 24.3 Å². The molecule has 0 heterocycles. The lowest BCUT2D eigenvalue weighted by molar-refractivity contribution is -0.149. The number of fused-ring (bicyclic) bond motifs is 1. The Morgan fingerprint density at radius 2 is 2.21 bits per heavy atom. The Labute approximate surface area is 81.7 Å². The Kier molecular flexibility index (Phi) is 2.23. The smallest absolute Gasteiger partial charge is 0.303 e. The fourth-order valence-electron chi connectivity index (χ4n) is 1.82. The Bertz CT molecular complexity index is 362. The fraction of sp³-hybridized carbons (Fsp3) is 0.364. The van der Waals surface area contributed by atoms with Crippen LogP contribution < -0.4 is 0 Å². The van der Waals surface area contributed by atoms with Crippen LogP contribution in [-0.2, 0) is 16.0 Å². The molecule has 0 saturated heterocycles. The van der Waals surface area contributed by atoms with Gasteiger partial charge in [0.2, 0.25) is 0 Å². The summed E-state index contributed by atoms with van der Waals surface area (Å²) in [5.74, 6) is -0.426. The minimum absolute atomic E-state index is 0.426. The predicted octanol–water partition coefficient (Wildman–Crippen LogP) is 2.19. The molecule has 3 heteroatoms. The third kappa shape index (κ3) is 1.50. The van der Waals surface area contributed by atoms with Crippen molar-refractivity contribution in [2.45, 2.75) is 25.6 Å². The van der Waals surface area contributed by atoms with Gasteiger partial charge in [-0.3, -0.25) is 4.79 Å². The first-order valence-corrected chi connectivity index (χ1v) is 4.57. The maximum absolute atomic E-state index is 13.7. The van der Waals surface area contributed by atoms with Crippen LogP contribution in [0, 0.1) is 0 Å². The number of alkyl halides is 1. The number of ether oxygens (including phenoxy) is 1. The summed E-state index contributed by atoms with van der Waals surface area (Å²) >= 11 is 0. The van der Waals surface area contributed by atoms with Gasteiger partial charge in [0.25, 0.3) is 0 Å². The SMILES string of the molecule is CC(=O)O[C@@H]1Cc2ccccc2[C@@H]1F. The highest BCUT2D eigenvalue weighted by Crippen LogP contribution is 2.35. The van der Waals surface area contributed by atoms with Gasteiger partial charge >= 0.3 is 5.97 Å². The van der Waals surface area contributed by atoms with Crippen molar-refractivity contribution in [2.24, 2.45) is 0 Å². The summed E-state index contributed by atoms with van der Waals surface area (Å²) in [6, 6.07) is 7.26. The van der Waals surface area contributed by atoms with Gasteiger partial charge in [-0.15, -0.1) is 0 Å². The second kappa shape index (κ2) is 3.40. The number of hydrogen-bond acceptors (Lipinski definition) is 2. The molecule has 74 valence electrons. The van der Waals surface area contributed by atoms with Crippen LogP contribution in [0.3, 0.4) is 0 Å². The number of rotatable bonds is 1. The van der Waals surface area contributed by atoms with Crippen molar-refractivity contribution >= 4 is 5.97 Å². The van der Waals surface area contributed by atoms with Crippen LogP contribution in [0.5, 0.6) is 0 Å². The Hall–Kier alpha value is -1.38. The summed E-state index contributed by atoms with van der Waals surface area (Å²) in [4.78, 5) is 10.7. The van der Waals surface area contributed by atoms with Crippen molar-refractivity contribution in [2.75, 3.05) is 0 Å². The van der Waals surface area contributed by atoms with E-state index in [1.54, 1.807) is 12.1 Å². The molecule has 2 atom stereocenters. The maximum atomic E-state index is 13.7. The third-order valence-electron chi connectivity index (χ3n) is 2.42. The molecule has 0 amide bonds. The fourth-order valence-corrected chi connectivity index (χ4v) is 1.82. The summed E-state index contributed by atoms with van der Waals surface area (Å²) < 4.78 is 18.6. The van der Waals surface area contributed by atoms with E-state index < -0.39 is 18.2 Å².